The van der Waals surface area contributed by atoms with E-state index in [-0.39, 0.29) is 0 Å². The van der Waals surface area contributed by atoms with Crippen molar-refractivity contribution in [2.24, 2.45) is 0 Å². The summed E-state index contributed by atoms with van der Waals surface area (Å²) in [7, 11) is 3.94. The Bertz CT molecular complexity index is 505. The van der Waals surface area contributed by atoms with Crippen LogP contribution in [0.15, 0.2) is 30.3 Å². The molecule has 0 fully saturated rings. The first-order valence-electron chi connectivity index (χ1n) is 5.35. The molecule has 2 rings (SSSR count). The maximum atomic E-state index is 11.0. The van der Waals surface area contributed by atoms with Gasteiger partial charge >= 0.3 is 0 Å². The van der Waals surface area contributed by atoms with Crippen molar-refractivity contribution in [3.63, 3.8) is 0 Å². The Kier molecular flexibility index (Phi) is 3.66. The number of thiazole rings is 1. The number of nitrogens with zero attached hydrogens (tertiary/aromatic N) is 2. The van der Waals surface area contributed by atoms with Gasteiger partial charge in [-0.2, -0.15) is 0 Å². The molecule has 0 radical (unpaired) electrons. The molecule has 1 aromatic carbocycles. The number of carbonyl (C=O) groups is 1. The lowest BCUT2D eigenvalue weighted by Crippen LogP contribution is -2.12. The van der Waals surface area contributed by atoms with Gasteiger partial charge in [0.15, 0.2) is 6.29 Å². The lowest BCUT2D eigenvalue weighted by Gasteiger charge is -2.06. The second-order valence-electron chi connectivity index (χ2n) is 4.05. The van der Waals surface area contributed by atoms with E-state index in [1.807, 2.05) is 49.3 Å². The first-order valence-corrected chi connectivity index (χ1v) is 6.17. The number of hydrogen-bond donors (Lipinski definition) is 0. The van der Waals surface area contributed by atoms with E-state index < -0.39 is 0 Å². The summed E-state index contributed by atoms with van der Waals surface area (Å²) in [6.07, 6.45) is 0.892. The zero-order chi connectivity index (χ0) is 12.3. The number of aldehydes is 1. The monoisotopic (exact) mass is 246 g/mol. The minimum absolute atomic E-state index is 0.692. The minimum atomic E-state index is 0.692. The highest BCUT2D eigenvalue weighted by molar-refractivity contribution is 7.16. The Labute approximate surface area is 105 Å². The van der Waals surface area contributed by atoms with Crippen LogP contribution < -0.4 is 0 Å². The molecule has 0 saturated carbocycles. The van der Waals surface area contributed by atoms with Crippen molar-refractivity contribution >= 4 is 17.6 Å². The summed E-state index contributed by atoms with van der Waals surface area (Å²) in [5.74, 6) is 0. The van der Waals surface area contributed by atoms with Crippen LogP contribution in [0.4, 0.5) is 0 Å². The molecule has 0 unspecified atom stereocenters. The Hall–Kier alpha value is -1.52. The predicted molar refractivity (Wildman–Crippen MR) is 70.3 cm³/mol. The fourth-order valence-corrected chi connectivity index (χ4v) is 2.47. The van der Waals surface area contributed by atoms with E-state index in [9.17, 15) is 4.79 Å². The first-order chi connectivity index (χ1) is 8.20. The Balaban J connectivity index is 2.37. The second kappa shape index (κ2) is 5.21. The van der Waals surface area contributed by atoms with Gasteiger partial charge < -0.3 is 4.90 Å². The SMILES string of the molecule is CN(C)Cc1nc(-c2ccccc2)sc1C=O. The predicted octanol–water partition coefficient (Wildman–Crippen LogP) is 2.68. The Morgan fingerprint density at radius 1 is 1.29 bits per heavy atom. The number of carbonyl (C=O) groups excluding carboxylic acids is 1. The van der Waals surface area contributed by atoms with Crippen LogP contribution in [0.25, 0.3) is 10.6 Å². The smallest absolute Gasteiger partial charge is 0.161 e. The molecule has 0 spiro atoms. The van der Waals surface area contributed by atoms with Crippen LogP contribution in [0, 0.1) is 0 Å². The normalized spacial score (nSPS) is 10.8. The largest absolute Gasteiger partial charge is 0.304 e. The second-order valence-corrected chi connectivity index (χ2v) is 5.08. The van der Waals surface area contributed by atoms with Gasteiger partial charge in [-0.05, 0) is 14.1 Å². The molecular weight excluding hydrogens is 232 g/mol. The molecule has 0 aliphatic carbocycles. The van der Waals surface area contributed by atoms with Crippen molar-refractivity contribution in [1.82, 2.24) is 9.88 Å². The van der Waals surface area contributed by atoms with Gasteiger partial charge in [-0.1, -0.05) is 30.3 Å². The van der Waals surface area contributed by atoms with Crippen LogP contribution in [0.5, 0.6) is 0 Å². The van der Waals surface area contributed by atoms with Crippen LogP contribution in [0.2, 0.25) is 0 Å². The van der Waals surface area contributed by atoms with Gasteiger partial charge in [0, 0.05) is 12.1 Å². The van der Waals surface area contributed by atoms with E-state index in [0.717, 1.165) is 27.4 Å². The van der Waals surface area contributed by atoms with Crippen molar-refractivity contribution in [3.05, 3.63) is 40.9 Å². The highest BCUT2D eigenvalue weighted by atomic mass is 32.1. The van der Waals surface area contributed by atoms with Gasteiger partial charge in [0.1, 0.15) is 5.01 Å². The van der Waals surface area contributed by atoms with E-state index >= 15 is 0 Å². The molecule has 0 bridgehead atoms. The topological polar surface area (TPSA) is 33.2 Å². The van der Waals surface area contributed by atoms with Gasteiger partial charge in [-0.15, -0.1) is 11.3 Å². The van der Waals surface area contributed by atoms with Crippen LogP contribution >= 0.6 is 11.3 Å². The number of rotatable bonds is 4. The quantitative estimate of drug-likeness (QED) is 0.778. The third-order valence-electron chi connectivity index (χ3n) is 2.32. The molecule has 0 atom stereocenters. The Morgan fingerprint density at radius 3 is 2.59 bits per heavy atom. The van der Waals surface area contributed by atoms with Crippen molar-refractivity contribution in [3.8, 4) is 10.6 Å². The highest BCUT2D eigenvalue weighted by Gasteiger charge is 2.12. The third-order valence-corrected chi connectivity index (χ3v) is 3.39. The summed E-state index contributed by atoms with van der Waals surface area (Å²) < 4.78 is 0. The number of benzene rings is 1. The molecule has 0 amide bonds. The van der Waals surface area contributed by atoms with Crippen LogP contribution in [-0.2, 0) is 6.54 Å². The molecule has 0 aliphatic heterocycles. The molecular formula is C13H14N2OS. The summed E-state index contributed by atoms with van der Waals surface area (Å²) in [4.78, 5) is 18.3. The molecule has 2 aromatic rings. The average molecular weight is 246 g/mol. The fraction of sp³-hybridized carbons (Fsp3) is 0.231. The molecule has 1 aromatic heterocycles. The Morgan fingerprint density at radius 2 is 2.00 bits per heavy atom. The summed E-state index contributed by atoms with van der Waals surface area (Å²) in [6, 6.07) is 9.93. The van der Waals surface area contributed by atoms with Gasteiger partial charge in [-0.25, -0.2) is 4.98 Å². The summed E-state index contributed by atoms with van der Waals surface area (Å²) in [6.45, 7) is 0.692. The van der Waals surface area contributed by atoms with Crippen molar-refractivity contribution in [1.29, 1.82) is 0 Å². The number of hydrogen-bond acceptors (Lipinski definition) is 4. The minimum Gasteiger partial charge on any atom is -0.304 e. The van der Waals surface area contributed by atoms with Crippen LogP contribution in [0.3, 0.4) is 0 Å². The summed E-state index contributed by atoms with van der Waals surface area (Å²) >= 11 is 1.45. The van der Waals surface area contributed by atoms with E-state index in [1.54, 1.807) is 0 Å². The van der Waals surface area contributed by atoms with E-state index in [1.165, 1.54) is 11.3 Å². The van der Waals surface area contributed by atoms with Crippen molar-refractivity contribution in [2.75, 3.05) is 14.1 Å². The fourth-order valence-electron chi connectivity index (χ4n) is 1.57. The van der Waals surface area contributed by atoms with E-state index in [2.05, 4.69) is 4.98 Å². The third kappa shape index (κ3) is 2.78. The van der Waals surface area contributed by atoms with Gasteiger partial charge in [0.05, 0.1) is 10.6 Å². The first kappa shape index (κ1) is 12.0. The standard InChI is InChI=1S/C13H14N2OS/c1-15(2)8-11-12(9-16)17-13(14-11)10-6-4-3-5-7-10/h3-7,9H,8H2,1-2H3. The number of aromatic nitrogens is 1. The van der Waals surface area contributed by atoms with E-state index in [4.69, 9.17) is 0 Å². The molecule has 0 saturated heterocycles. The zero-order valence-corrected chi connectivity index (χ0v) is 10.7. The maximum Gasteiger partial charge on any atom is 0.161 e. The van der Waals surface area contributed by atoms with Crippen LogP contribution in [0.1, 0.15) is 15.4 Å². The summed E-state index contributed by atoms with van der Waals surface area (Å²) in [5, 5.41) is 0.907. The average Bonchev–Trinajstić information content (AvgIpc) is 2.72. The lowest BCUT2D eigenvalue weighted by molar-refractivity contribution is 0.112. The van der Waals surface area contributed by atoms with Gasteiger partial charge in [0.25, 0.3) is 0 Å². The molecule has 17 heavy (non-hydrogen) atoms. The zero-order valence-electron chi connectivity index (χ0n) is 9.88. The van der Waals surface area contributed by atoms with Crippen molar-refractivity contribution in [2.45, 2.75) is 6.54 Å². The summed E-state index contributed by atoms with van der Waals surface area (Å²) in [5.41, 5.74) is 1.92. The maximum absolute atomic E-state index is 11.0. The van der Waals surface area contributed by atoms with Gasteiger partial charge in [0.2, 0.25) is 0 Å². The van der Waals surface area contributed by atoms with Crippen molar-refractivity contribution < 1.29 is 4.79 Å². The van der Waals surface area contributed by atoms with E-state index in [0.29, 0.717) is 6.54 Å². The molecule has 1 heterocycles. The molecule has 3 nitrogen and oxygen atoms in total. The highest BCUT2D eigenvalue weighted by Crippen LogP contribution is 2.27. The molecule has 4 heteroatoms. The lowest BCUT2D eigenvalue weighted by atomic mass is 10.2. The van der Waals surface area contributed by atoms with Gasteiger partial charge in [-0.3, -0.25) is 4.79 Å². The molecule has 88 valence electrons. The molecule has 0 N–H and O–H groups in total. The molecule has 0 aliphatic rings. The van der Waals surface area contributed by atoms with Crippen LogP contribution in [-0.4, -0.2) is 30.3 Å².